The molecule has 0 aliphatic rings. The lowest BCUT2D eigenvalue weighted by atomic mass is 10.0. The number of halogens is 2. The SMILES string of the molecule is CC(NCC(C)(C)N(C)C)c1ccc(F)c(Br)c1. The maximum absolute atomic E-state index is 13.2. The summed E-state index contributed by atoms with van der Waals surface area (Å²) in [4.78, 5) is 2.19. The van der Waals surface area contributed by atoms with Crippen molar-refractivity contribution >= 4 is 15.9 Å². The number of nitrogens with zero attached hydrogens (tertiary/aromatic N) is 1. The van der Waals surface area contributed by atoms with Crippen LogP contribution in [-0.4, -0.2) is 31.1 Å². The highest BCUT2D eigenvalue weighted by molar-refractivity contribution is 9.10. The van der Waals surface area contributed by atoms with Crippen LogP contribution in [0.3, 0.4) is 0 Å². The van der Waals surface area contributed by atoms with Gasteiger partial charge in [0, 0.05) is 18.1 Å². The standard InChI is InChI=1S/C14H22BrFN2/c1-10(17-9-14(2,3)18(4)5)11-6-7-13(16)12(15)8-11/h6-8,10,17H,9H2,1-5H3. The Hall–Kier alpha value is -0.450. The molecule has 18 heavy (non-hydrogen) atoms. The van der Waals surface area contributed by atoms with Gasteiger partial charge in [0.15, 0.2) is 0 Å². The molecule has 0 aliphatic heterocycles. The van der Waals surface area contributed by atoms with E-state index in [2.05, 4.69) is 61.0 Å². The van der Waals surface area contributed by atoms with E-state index in [9.17, 15) is 4.39 Å². The molecule has 0 saturated carbocycles. The summed E-state index contributed by atoms with van der Waals surface area (Å²) < 4.78 is 13.7. The van der Waals surface area contributed by atoms with Crippen LogP contribution in [0.4, 0.5) is 4.39 Å². The van der Waals surface area contributed by atoms with Crippen LogP contribution in [0.2, 0.25) is 0 Å². The van der Waals surface area contributed by atoms with Crippen LogP contribution in [0.5, 0.6) is 0 Å². The Bertz CT molecular complexity index is 405. The van der Waals surface area contributed by atoms with Crippen LogP contribution in [0.15, 0.2) is 22.7 Å². The predicted molar refractivity (Wildman–Crippen MR) is 78.3 cm³/mol. The summed E-state index contributed by atoms with van der Waals surface area (Å²) in [6.45, 7) is 7.34. The van der Waals surface area contributed by atoms with Crippen molar-refractivity contribution in [2.75, 3.05) is 20.6 Å². The molecule has 0 saturated heterocycles. The first-order valence-corrected chi connectivity index (χ1v) is 6.89. The highest BCUT2D eigenvalue weighted by Gasteiger charge is 2.21. The third-order valence-corrected chi connectivity index (χ3v) is 4.10. The zero-order valence-corrected chi connectivity index (χ0v) is 13.3. The lowest BCUT2D eigenvalue weighted by Crippen LogP contribution is -2.47. The average molecular weight is 317 g/mol. The largest absolute Gasteiger partial charge is 0.308 e. The molecule has 1 unspecified atom stereocenters. The van der Waals surface area contributed by atoms with Gasteiger partial charge in [0.1, 0.15) is 5.82 Å². The molecule has 0 bridgehead atoms. The molecule has 0 heterocycles. The van der Waals surface area contributed by atoms with Crippen LogP contribution >= 0.6 is 15.9 Å². The smallest absolute Gasteiger partial charge is 0.137 e. The monoisotopic (exact) mass is 316 g/mol. The van der Waals surface area contributed by atoms with E-state index in [4.69, 9.17) is 0 Å². The van der Waals surface area contributed by atoms with E-state index in [1.165, 1.54) is 6.07 Å². The van der Waals surface area contributed by atoms with Gasteiger partial charge in [0.25, 0.3) is 0 Å². The van der Waals surface area contributed by atoms with Gasteiger partial charge in [-0.2, -0.15) is 0 Å². The predicted octanol–water partition coefficient (Wildman–Crippen LogP) is 3.58. The molecule has 102 valence electrons. The molecule has 0 amide bonds. The first-order chi connectivity index (χ1) is 8.24. The van der Waals surface area contributed by atoms with Gasteiger partial charge in [0.2, 0.25) is 0 Å². The van der Waals surface area contributed by atoms with Crippen molar-refractivity contribution in [1.29, 1.82) is 0 Å². The van der Waals surface area contributed by atoms with Crippen LogP contribution in [-0.2, 0) is 0 Å². The van der Waals surface area contributed by atoms with E-state index >= 15 is 0 Å². The molecule has 1 aromatic carbocycles. The lowest BCUT2D eigenvalue weighted by Gasteiger charge is -2.34. The number of benzene rings is 1. The van der Waals surface area contributed by atoms with Gasteiger partial charge in [-0.05, 0) is 68.5 Å². The van der Waals surface area contributed by atoms with Gasteiger partial charge in [-0.3, -0.25) is 0 Å². The first-order valence-electron chi connectivity index (χ1n) is 6.10. The minimum atomic E-state index is -0.223. The Labute approximate surface area is 118 Å². The molecular weight excluding hydrogens is 295 g/mol. The maximum Gasteiger partial charge on any atom is 0.137 e. The second-order valence-electron chi connectivity index (χ2n) is 5.48. The van der Waals surface area contributed by atoms with Gasteiger partial charge in [-0.15, -0.1) is 0 Å². The Kier molecular flexibility index (Phi) is 5.32. The molecule has 4 heteroatoms. The second-order valence-corrected chi connectivity index (χ2v) is 6.34. The van der Waals surface area contributed by atoms with Gasteiger partial charge in [-0.25, -0.2) is 4.39 Å². The van der Waals surface area contributed by atoms with Crippen molar-refractivity contribution in [2.45, 2.75) is 32.4 Å². The van der Waals surface area contributed by atoms with E-state index in [1.54, 1.807) is 0 Å². The van der Waals surface area contributed by atoms with Crippen LogP contribution in [0.1, 0.15) is 32.4 Å². The van der Waals surface area contributed by atoms with Gasteiger partial charge in [-0.1, -0.05) is 6.07 Å². The zero-order valence-electron chi connectivity index (χ0n) is 11.7. The minimum Gasteiger partial charge on any atom is -0.308 e. The van der Waals surface area contributed by atoms with E-state index < -0.39 is 0 Å². The molecule has 0 aliphatic carbocycles. The van der Waals surface area contributed by atoms with Crippen molar-refractivity contribution < 1.29 is 4.39 Å². The first kappa shape index (κ1) is 15.6. The van der Waals surface area contributed by atoms with Crippen LogP contribution in [0, 0.1) is 5.82 Å². The molecule has 0 fully saturated rings. The van der Waals surface area contributed by atoms with E-state index in [0.29, 0.717) is 4.47 Å². The average Bonchev–Trinajstić information content (AvgIpc) is 2.29. The maximum atomic E-state index is 13.2. The Morgan fingerprint density at radius 1 is 1.39 bits per heavy atom. The number of hydrogen-bond donors (Lipinski definition) is 1. The summed E-state index contributed by atoms with van der Waals surface area (Å²) in [5.41, 5.74) is 1.17. The normalized spacial score (nSPS) is 14.0. The fourth-order valence-electron chi connectivity index (χ4n) is 1.46. The molecule has 1 atom stereocenters. The summed E-state index contributed by atoms with van der Waals surface area (Å²) >= 11 is 3.22. The summed E-state index contributed by atoms with van der Waals surface area (Å²) in [6.07, 6.45) is 0. The number of nitrogens with one attached hydrogen (secondary N) is 1. The van der Waals surface area contributed by atoms with Crippen molar-refractivity contribution in [3.8, 4) is 0 Å². The summed E-state index contributed by atoms with van der Waals surface area (Å²) in [5, 5.41) is 3.48. The quantitative estimate of drug-likeness (QED) is 0.893. The highest BCUT2D eigenvalue weighted by atomic mass is 79.9. The zero-order chi connectivity index (χ0) is 13.9. The summed E-state index contributed by atoms with van der Waals surface area (Å²) in [7, 11) is 4.14. The van der Waals surface area contributed by atoms with E-state index in [1.807, 2.05) is 12.1 Å². The number of likely N-dealkylation sites (N-methyl/N-ethyl adjacent to an activating group) is 1. The van der Waals surface area contributed by atoms with E-state index in [0.717, 1.165) is 12.1 Å². The Morgan fingerprint density at radius 2 is 2.00 bits per heavy atom. The highest BCUT2D eigenvalue weighted by Crippen LogP contribution is 2.21. The summed E-state index contributed by atoms with van der Waals surface area (Å²) in [5.74, 6) is -0.223. The minimum absolute atomic E-state index is 0.0888. The molecule has 2 nitrogen and oxygen atoms in total. The lowest BCUT2D eigenvalue weighted by molar-refractivity contribution is 0.185. The van der Waals surface area contributed by atoms with Crippen molar-refractivity contribution in [1.82, 2.24) is 10.2 Å². The molecular formula is C14H22BrFN2. The number of hydrogen-bond acceptors (Lipinski definition) is 2. The summed E-state index contributed by atoms with van der Waals surface area (Å²) in [6, 6.07) is 5.34. The molecule has 1 rings (SSSR count). The molecule has 1 N–H and O–H groups in total. The van der Waals surface area contributed by atoms with Crippen molar-refractivity contribution in [3.63, 3.8) is 0 Å². The molecule has 0 aromatic heterocycles. The Balaban J connectivity index is 2.66. The topological polar surface area (TPSA) is 15.3 Å². The molecule has 0 radical (unpaired) electrons. The van der Waals surface area contributed by atoms with E-state index in [-0.39, 0.29) is 17.4 Å². The molecule has 0 spiro atoms. The third-order valence-electron chi connectivity index (χ3n) is 3.50. The van der Waals surface area contributed by atoms with Gasteiger partial charge < -0.3 is 10.2 Å². The molecule has 1 aromatic rings. The van der Waals surface area contributed by atoms with Crippen molar-refractivity contribution in [3.05, 3.63) is 34.1 Å². The fraction of sp³-hybridized carbons (Fsp3) is 0.571. The van der Waals surface area contributed by atoms with Gasteiger partial charge >= 0.3 is 0 Å². The van der Waals surface area contributed by atoms with Gasteiger partial charge in [0.05, 0.1) is 4.47 Å². The second kappa shape index (κ2) is 6.13. The fourth-order valence-corrected chi connectivity index (χ4v) is 1.86. The van der Waals surface area contributed by atoms with Crippen molar-refractivity contribution in [2.24, 2.45) is 0 Å². The van der Waals surface area contributed by atoms with Crippen LogP contribution < -0.4 is 5.32 Å². The third kappa shape index (κ3) is 4.04. The Morgan fingerprint density at radius 3 is 2.50 bits per heavy atom. The number of rotatable bonds is 5. The van der Waals surface area contributed by atoms with Crippen LogP contribution in [0.25, 0.3) is 0 Å².